The Bertz CT molecular complexity index is 913. The van der Waals surface area contributed by atoms with Crippen LogP contribution in [0.15, 0.2) is 43.0 Å². The molecule has 1 aliphatic rings. The SMILES string of the molecule is COc1cnccc1-c1ccc2c(c1)ncn2CC(=O)N1CCCC1. The van der Waals surface area contributed by atoms with E-state index >= 15 is 0 Å². The van der Waals surface area contributed by atoms with Crippen LogP contribution >= 0.6 is 0 Å². The Labute approximate surface area is 146 Å². The van der Waals surface area contributed by atoms with Crippen LogP contribution < -0.4 is 4.74 Å². The average Bonchev–Trinajstić information content (AvgIpc) is 3.31. The number of fused-ring (bicyclic) bond motifs is 1. The van der Waals surface area contributed by atoms with Crippen molar-refractivity contribution in [2.24, 2.45) is 0 Å². The summed E-state index contributed by atoms with van der Waals surface area (Å²) in [5, 5.41) is 0. The first-order chi connectivity index (χ1) is 12.3. The Hall–Kier alpha value is -2.89. The number of likely N-dealkylation sites (tertiary alicyclic amines) is 1. The highest BCUT2D eigenvalue weighted by Crippen LogP contribution is 2.30. The number of benzene rings is 1. The second-order valence-corrected chi connectivity index (χ2v) is 6.24. The first kappa shape index (κ1) is 15.6. The highest BCUT2D eigenvalue weighted by molar-refractivity contribution is 5.85. The molecule has 1 fully saturated rings. The van der Waals surface area contributed by atoms with Crippen molar-refractivity contribution in [2.45, 2.75) is 19.4 Å². The molecule has 1 amide bonds. The lowest BCUT2D eigenvalue weighted by Gasteiger charge is -2.15. The number of ether oxygens (including phenoxy) is 1. The van der Waals surface area contributed by atoms with E-state index in [1.165, 1.54) is 0 Å². The van der Waals surface area contributed by atoms with Crippen LogP contribution in [0.3, 0.4) is 0 Å². The fourth-order valence-corrected chi connectivity index (χ4v) is 3.35. The van der Waals surface area contributed by atoms with Gasteiger partial charge in [0, 0.05) is 24.8 Å². The van der Waals surface area contributed by atoms with E-state index in [9.17, 15) is 4.79 Å². The van der Waals surface area contributed by atoms with Crippen LogP contribution in [0, 0.1) is 0 Å². The molecule has 0 bridgehead atoms. The van der Waals surface area contributed by atoms with Crippen LogP contribution in [0.5, 0.6) is 5.75 Å². The largest absolute Gasteiger partial charge is 0.494 e. The molecule has 0 N–H and O–H groups in total. The average molecular weight is 336 g/mol. The fourth-order valence-electron chi connectivity index (χ4n) is 3.35. The van der Waals surface area contributed by atoms with E-state index in [0.29, 0.717) is 6.54 Å². The molecule has 0 radical (unpaired) electrons. The molecule has 0 atom stereocenters. The van der Waals surface area contributed by atoms with Gasteiger partial charge in [0.1, 0.15) is 12.3 Å². The van der Waals surface area contributed by atoms with Crippen LogP contribution in [0.1, 0.15) is 12.8 Å². The number of pyridine rings is 1. The molecular weight excluding hydrogens is 316 g/mol. The zero-order valence-corrected chi connectivity index (χ0v) is 14.2. The zero-order valence-electron chi connectivity index (χ0n) is 14.2. The lowest BCUT2D eigenvalue weighted by Crippen LogP contribution is -2.30. The summed E-state index contributed by atoms with van der Waals surface area (Å²) < 4.78 is 7.31. The Morgan fingerprint density at radius 3 is 2.88 bits per heavy atom. The Morgan fingerprint density at radius 2 is 2.08 bits per heavy atom. The zero-order chi connectivity index (χ0) is 17.2. The van der Waals surface area contributed by atoms with Gasteiger partial charge in [-0.15, -0.1) is 0 Å². The summed E-state index contributed by atoms with van der Waals surface area (Å²) in [4.78, 5) is 22.9. The van der Waals surface area contributed by atoms with Crippen LogP contribution in [-0.4, -0.2) is 45.5 Å². The Morgan fingerprint density at radius 1 is 1.24 bits per heavy atom. The Kier molecular flexibility index (Phi) is 4.09. The van der Waals surface area contributed by atoms with Gasteiger partial charge in [0.25, 0.3) is 0 Å². The third-order valence-electron chi connectivity index (χ3n) is 4.70. The van der Waals surface area contributed by atoms with Crippen molar-refractivity contribution in [3.63, 3.8) is 0 Å². The highest BCUT2D eigenvalue weighted by Gasteiger charge is 2.19. The van der Waals surface area contributed by atoms with Crippen LogP contribution in [0.2, 0.25) is 0 Å². The molecule has 0 saturated carbocycles. The van der Waals surface area contributed by atoms with Crippen molar-refractivity contribution >= 4 is 16.9 Å². The molecule has 2 aromatic heterocycles. The number of aromatic nitrogens is 3. The topological polar surface area (TPSA) is 60.3 Å². The standard InChI is InChI=1S/C19H20N4O2/c1-25-18-11-20-7-6-15(18)14-4-5-17-16(10-14)21-13-23(17)12-19(24)22-8-2-3-9-22/h4-7,10-11,13H,2-3,8-9,12H2,1H3. The van der Waals surface area contributed by atoms with E-state index in [1.54, 1.807) is 25.8 Å². The summed E-state index contributed by atoms with van der Waals surface area (Å²) >= 11 is 0. The molecule has 1 aromatic carbocycles. The van der Waals surface area contributed by atoms with Gasteiger partial charge in [0.05, 0.1) is 30.7 Å². The number of amides is 1. The van der Waals surface area contributed by atoms with Gasteiger partial charge in [-0.05, 0) is 36.6 Å². The van der Waals surface area contributed by atoms with Gasteiger partial charge in [-0.1, -0.05) is 6.07 Å². The molecule has 25 heavy (non-hydrogen) atoms. The van der Waals surface area contributed by atoms with E-state index in [-0.39, 0.29) is 5.91 Å². The number of hydrogen-bond donors (Lipinski definition) is 0. The normalized spacial score (nSPS) is 14.2. The summed E-state index contributed by atoms with van der Waals surface area (Å²) in [5.74, 6) is 0.891. The van der Waals surface area contributed by atoms with Crippen LogP contribution in [0.25, 0.3) is 22.2 Å². The number of nitrogens with zero attached hydrogens (tertiary/aromatic N) is 4. The van der Waals surface area contributed by atoms with E-state index in [1.807, 2.05) is 33.7 Å². The van der Waals surface area contributed by atoms with E-state index < -0.39 is 0 Å². The molecule has 128 valence electrons. The lowest BCUT2D eigenvalue weighted by molar-refractivity contribution is -0.130. The minimum absolute atomic E-state index is 0.164. The minimum Gasteiger partial charge on any atom is -0.494 e. The summed E-state index contributed by atoms with van der Waals surface area (Å²) in [6, 6.07) is 7.98. The molecule has 1 aliphatic heterocycles. The summed E-state index contributed by atoms with van der Waals surface area (Å²) in [6.45, 7) is 2.09. The maximum absolute atomic E-state index is 12.4. The second kappa shape index (κ2) is 6.55. The first-order valence-corrected chi connectivity index (χ1v) is 8.47. The number of hydrogen-bond acceptors (Lipinski definition) is 4. The molecule has 1 saturated heterocycles. The maximum Gasteiger partial charge on any atom is 0.242 e. The van der Waals surface area contributed by atoms with Gasteiger partial charge < -0.3 is 14.2 Å². The van der Waals surface area contributed by atoms with Crippen LogP contribution in [-0.2, 0) is 11.3 Å². The van der Waals surface area contributed by atoms with Gasteiger partial charge in [0.15, 0.2) is 0 Å². The minimum atomic E-state index is 0.164. The molecule has 3 heterocycles. The van der Waals surface area contributed by atoms with E-state index in [4.69, 9.17) is 4.74 Å². The van der Waals surface area contributed by atoms with Crippen molar-refractivity contribution in [2.75, 3.05) is 20.2 Å². The van der Waals surface area contributed by atoms with E-state index in [2.05, 4.69) is 9.97 Å². The monoisotopic (exact) mass is 336 g/mol. The molecule has 0 spiro atoms. The predicted octanol–water partition coefficient (Wildman–Crippen LogP) is 2.73. The summed E-state index contributed by atoms with van der Waals surface area (Å²) in [5.41, 5.74) is 3.82. The summed E-state index contributed by atoms with van der Waals surface area (Å²) in [6.07, 6.45) is 7.40. The van der Waals surface area contributed by atoms with Crippen molar-refractivity contribution < 1.29 is 9.53 Å². The van der Waals surface area contributed by atoms with Crippen LogP contribution in [0.4, 0.5) is 0 Å². The van der Waals surface area contributed by atoms with Crippen molar-refractivity contribution in [3.8, 4) is 16.9 Å². The maximum atomic E-state index is 12.4. The highest BCUT2D eigenvalue weighted by atomic mass is 16.5. The van der Waals surface area contributed by atoms with Crippen molar-refractivity contribution in [3.05, 3.63) is 43.0 Å². The lowest BCUT2D eigenvalue weighted by atomic mass is 10.1. The van der Waals surface area contributed by atoms with Gasteiger partial charge in [-0.3, -0.25) is 9.78 Å². The number of rotatable bonds is 4. The van der Waals surface area contributed by atoms with Crippen molar-refractivity contribution in [1.29, 1.82) is 0 Å². The van der Waals surface area contributed by atoms with Gasteiger partial charge >= 0.3 is 0 Å². The van der Waals surface area contributed by atoms with Gasteiger partial charge in [-0.2, -0.15) is 0 Å². The third kappa shape index (κ3) is 2.95. The molecule has 6 nitrogen and oxygen atoms in total. The molecular formula is C19H20N4O2. The number of methoxy groups -OCH3 is 1. The third-order valence-corrected chi connectivity index (χ3v) is 4.70. The number of imidazole rings is 1. The molecule has 0 aliphatic carbocycles. The molecule has 6 heteroatoms. The molecule has 4 rings (SSSR count). The fraction of sp³-hybridized carbons (Fsp3) is 0.316. The predicted molar refractivity (Wildman–Crippen MR) is 95.3 cm³/mol. The Balaban J connectivity index is 1.64. The first-order valence-electron chi connectivity index (χ1n) is 8.47. The number of carbonyl (C=O) groups is 1. The van der Waals surface area contributed by atoms with Gasteiger partial charge in [0.2, 0.25) is 5.91 Å². The second-order valence-electron chi connectivity index (χ2n) is 6.24. The van der Waals surface area contributed by atoms with Gasteiger partial charge in [-0.25, -0.2) is 4.98 Å². The summed E-state index contributed by atoms with van der Waals surface area (Å²) in [7, 11) is 1.64. The molecule has 0 unspecified atom stereocenters. The van der Waals surface area contributed by atoms with Crippen molar-refractivity contribution in [1.82, 2.24) is 19.4 Å². The smallest absolute Gasteiger partial charge is 0.242 e. The van der Waals surface area contributed by atoms with E-state index in [0.717, 1.165) is 53.8 Å². The molecule has 3 aromatic rings. The quantitative estimate of drug-likeness (QED) is 0.735. The number of carbonyl (C=O) groups excluding carboxylic acids is 1.